The zero-order valence-corrected chi connectivity index (χ0v) is 16.8. The van der Waals surface area contributed by atoms with Gasteiger partial charge >= 0.3 is 5.97 Å². The number of amides is 2. The van der Waals surface area contributed by atoms with E-state index in [1.165, 1.54) is 24.6 Å². The molecule has 6 nitrogen and oxygen atoms in total. The first kappa shape index (κ1) is 20.3. The molecular formula is C20H20N2O4S2. The monoisotopic (exact) mass is 416 g/mol. The van der Waals surface area contributed by atoms with Gasteiger partial charge in [0.05, 0.1) is 10.1 Å². The predicted octanol–water partition coefficient (Wildman–Crippen LogP) is 3.45. The third-order valence-electron chi connectivity index (χ3n) is 4.13. The van der Waals surface area contributed by atoms with E-state index in [2.05, 4.69) is 5.32 Å². The van der Waals surface area contributed by atoms with Crippen LogP contribution in [-0.4, -0.2) is 35.4 Å². The number of hydrogen-bond donors (Lipinski definition) is 2. The third-order valence-corrected chi connectivity index (χ3v) is 7.23. The van der Waals surface area contributed by atoms with E-state index in [9.17, 15) is 14.4 Å². The Morgan fingerprint density at radius 2 is 1.57 bits per heavy atom. The average molecular weight is 417 g/mol. The van der Waals surface area contributed by atoms with E-state index in [0.29, 0.717) is 21.4 Å². The summed E-state index contributed by atoms with van der Waals surface area (Å²) < 4.78 is 5.67. The number of thioether (sulfide) groups is 2. The van der Waals surface area contributed by atoms with Gasteiger partial charge in [-0.2, -0.15) is 0 Å². The highest BCUT2D eigenvalue weighted by Gasteiger charge is 2.21. The molecule has 1 atom stereocenters. The Balaban J connectivity index is 1.55. The lowest BCUT2D eigenvalue weighted by atomic mass is 10.1. The molecule has 1 fully saturated rings. The van der Waals surface area contributed by atoms with Crippen LogP contribution in [0.3, 0.4) is 0 Å². The number of nitrogens with one attached hydrogen (secondary N) is 1. The Kier molecular flexibility index (Phi) is 6.64. The van der Waals surface area contributed by atoms with Crippen molar-refractivity contribution in [3.8, 4) is 0 Å². The summed E-state index contributed by atoms with van der Waals surface area (Å²) >= 11 is 3.79. The second-order valence-electron chi connectivity index (χ2n) is 6.17. The minimum atomic E-state index is -0.969. The van der Waals surface area contributed by atoms with Crippen LogP contribution in [-0.2, 0) is 9.53 Å². The molecule has 8 heteroatoms. The van der Waals surface area contributed by atoms with Crippen LogP contribution in [0, 0.1) is 0 Å². The standard InChI is InChI=1S/C20H20N2O4S2/c1-12(18(24)22-16-8-6-13(7-9-16)17(21)23)26-19(25)14-2-4-15(5-3-14)20-27-10-11-28-20/h2-9,12,20H,10-11H2,1H3,(H2,21,23)(H,22,24)/t12-/m0/s1. The summed E-state index contributed by atoms with van der Waals surface area (Å²) in [5, 5.41) is 2.64. The summed E-state index contributed by atoms with van der Waals surface area (Å²) in [5.74, 6) is 0.713. The molecule has 0 aromatic heterocycles. The van der Waals surface area contributed by atoms with E-state index in [4.69, 9.17) is 10.5 Å². The summed E-state index contributed by atoms with van der Waals surface area (Å²) in [6.45, 7) is 1.51. The molecule has 28 heavy (non-hydrogen) atoms. The first-order chi connectivity index (χ1) is 13.4. The van der Waals surface area contributed by atoms with Crippen molar-refractivity contribution in [1.82, 2.24) is 0 Å². The van der Waals surface area contributed by atoms with Crippen LogP contribution in [0.1, 0.15) is 37.8 Å². The van der Waals surface area contributed by atoms with Gasteiger partial charge in [-0.15, -0.1) is 23.5 Å². The van der Waals surface area contributed by atoms with Crippen molar-refractivity contribution in [2.45, 2.75) is 17.6 Å². The summed E-state index contributed by atoms with van der Waals surface area (Å²) in [7, 11) is 0. The van der Waals surface area contributed by atoms with Crippen LogP contribution in [0.4, 0.5) is 5.69 Å². The maximum absolute atomic E-state index is 12.3. The molecule has 0 unspecified atom stereocenters. The number of carbonyl (C=O) groups is 3. The van der Waals surface area contributed by atoms with Crippen molar-refractivity contribution in [3.63, 3.8) is 0 Å². The molecular weight excluding hydrogens is 396 g/mol. The highest BCUT2D eigenvalue weighted by Crippen LogP contribution is 2.45. The van der Waals surface area contributed by atoms with Gasteiger partial charge in [0.2, 0.25) is 5.91 Å². The van der Waals surface area contributed by atoms with E-state index in [-0.39, 0.29) is 0 Å². The number of hydrogen-bond acceptors (Lipinski definition) is 6. The smallest absolute Gasteiger partial charge is 0.338 e. The minimum absolute atomic E-state index is 0.343. The highest BCUT2D eigenvalue weighted by molar-refractivity contribution is 8.19. The fourth-order valence-corrected chi connectivity index (χ4v) is 5.43. The van der Waals surface area contributed by atoms with Crippen LogP contribution in [0.15, 0.2) is 48.5 Å². The van der Waals surface area contributed by atoms with E-state index in [1.54, 1.807) is 24.3 Å². The average Bonchev–Trinajstić information content (AvgIpc) is 3.23. The van der Waals surface area contributed by atoms with Crippen LogP contribution < -0.4 is 11.1 Å². The summed E-state index contributed by atoms with van der Waals surface area (Å²) in [5.41, 5.74) is 7.59. The maximum atomic E-state index is 12.3. The predicted molar refractivity (Wildman–Crippen MR) is 113 cm³/mol. The molecule has 1 aliphatic heterocycles. The number of primary amides is 1. The first-order valence-electron chi connectivity index (χ1n) is 8.69. The molecule has 0 spiro atoms. The molecule has 2 aromatic rings. The second kappa shape index (κ2) is 9.16. The van der Waals surface area contributed by atoms with Crippen molar-refractivity contribution in [3.05, 3.63) is 65.2 Å². The van der Waals surface area contributed by atoms with Gasteiger partial charge in [0.15, 0.2) is 6.10 Å². The SMILES string of the molecule is C[C@H](OC(=O)c1ccc(C2SCCS2)cc1)C(=O)Nc1ccc(C(N)=O)cc1. The number of anilines is 1. The van der Waals surface area contributed by atoms with Gasteiger partial charge in [-0.3, -0.25) is 9.59 Å². The summed E-state index contributed by atoms with van der Waals surface area (Å²) in [6, 6.07) is 13.5. The lowest BCUT2D eigenvalue weighted by Gasteiger charge is -2.14. The molecule has 1 saturated heterocycles. The van der Waals surface area contributed by atoms with Gasteiger partial charge in [0.1, 0.15) is 0 Å². The molecule has 2 amide bonds. The van der Waals surface area contributed by atoms with Gasteiger partial charge < -0.3 is 15.8 Å². The Labute approximate surface area is 171 Å². The van der Waals surface area contributed by atoms with Crippen LogP contribution in [0.2, 0.25) is 0 Å². The Bertz CT molecular complexity index is 863. The molecule has 0 aliphatic carbocycles. The fourth-order valence-electron chi connectivity index (χ4n) is 2.57. The van der Waals surface area contributed by atoms with E-state index in [0.717, 1.165) is 11.5 Å². The van der Waals surface area contributed by atoms with Gasteiger partial charge in [-0.1, -0.05) is 12.1 Å². The maximum Gasteiger partial charge on any atom is 0.338 e. The van der Waals surface area contributed by atoms with E-state index in [1.807, 2.05) is 35.7 Å². The summed E-state index contributed by atoms with van der Waals surface area (Å²) in [6.07, 6.45) is -0.969. The number of benzene rings is 2. The molecule has 2 aromatic carbocycles. The zero-order chi connectivity index (χ0) is 20.1. The molecule has 0 bridgehead atoms. The Morgan fingerprint density at radius 3 is 2.14 bits per heavy atom. The largest absolute Gasteiger partial charge is 0.449 e. The molecule has 146 valence electrons. The van der Waals surface area contributed by atoms with Crippen LogP contribution in [0.5, 0.6) is 0 Å². The molecule has 3 N–H and O–H groups in total. The Morgan fingerprint density at radius 1 is 1.00 bits per heavy atom. The van der Waals surface area contributed by atoms with Crippen LogP contribution in [0.25, 0.3) is 0 Å². The molecule has 0 radical (unpaired) electrons. The molecule has 1 heterocycles. The van der Waals surface area contributed by atoms with Crippen molar-refractivity contribution in [2.24, 2.45) is 5.73 Å². The normalized spacial score (nSPS) is 15.0. The fraction of sp³-hybridized carbons (Fsp3) is 0.250. The molecule has 3 rings (SSSR count). The lowest BCUT2D eigenvalue weighted by molar-refractivity contribution is -0.123. The number of carbonyl (C=O) groups excluding carboxylic acids is 3. The van der Waals surface area contributed by atoms with E-state index >= 15 is 0 Å². The number of nitrogens with two attached hydrogens (primary N) is 1. The lowest BCUT2D eigenvalue weighted by Crippen LogP contribution is -2.30. The topological polar surface area (TPSA) is 98.5 Å². The third kappa shape index (κ3) is 5.08. The number of esters is 1. The minimum Gasteiger partial charge on any atom is -0.449 e. The van der Waals surface area contributed by atoms with Crippen LogP contribution >= 0.6 is 23.5 Å². The first-order valence-corrected chi connectivity index (χ1v) is 10.8. The number of rotatable bonds is 6. The van der Waals surface area contributed by atoms with Gasteiger partial charge in [0, 0.05) is 22.8 Å². The zero-order valence-electron chi connectivity index (χ0n) is 15.2. The quantitative estimate of drug-likeness (QED) is 0.700. The van der Waals surface area contributed by atoms with Crippen molar-refractivity contribution in [2.75, 3.05) is 16.8 Å². The van der Waals surface area contributed by atoms with Gasteiger partial charge in [0.25, 0.3) is 5.91 Å². The van der Waals surface area contributed by atoms with E-state index < -0.39 is 23.9 Å². The van der Waals surface area contributed by atoms with Crippen molar-refractivity contribution >= 4 is 47.0 Å². The van der Waals surface area contributed by atoms with Crippen molar-refractivity contribution in [1.29, 1.82) is 0 Å². The van der Waals surface area contributed by atoms with Crippen molar-refractivity contribution < 1.29 is 19.1 Å². The van der Waals surface area contributed by atoms with Gasteiger partial charge in [-0.05, 0) is 48.9 Å². The second-order valence-corrected chi connectivity index (χ2v) is 8.90. The number of ether oxygens (including phenoxy) is 1. The Hall–Kier alpha value is -2.45. The molecule has 0 saturated carbocycles. The van der Waals surface area contributed by atoms with Gasteiger partial charge in [-0.25, -0.2) is 4.79 Å². The molecule has 1 aliphatic rings. The highest BCUT2D eigenvalue weighted by atomic mass is 32.2. The summed E-state index contributed by atoms with van der Waals surface area (Å²) in [4.78, 5) is 35.6.